The first-order valence-corrected chi connectivity index (χ1v) is 7.91. The lowest BCUT2D eigenvalue weighted by molar-refractivity contribution is 0.326. The summed E-state index contributed by atoms with van der Waals surface area (Å²) in [6.45, 7) is 1.97. The van der Waals surface area contributed by atoms with Gasteiger partial charge in [-0.2, -0.15) is 10.5 Å². The van der Waals surface area contributed by atoms with Crippen molar-refractivity contribution in [1.29, 1.82) is 10.5 Å². The average molecular weight is 299 g/mol. The van der Waals surface area contributed by atoms with Crippen molar-refractivity contribution >= 4 is 5.69 Å². The molecule has 0 spiro atoms. The van der Waals surface area contributed by atoms with Crippen molar-refractivity contribution in [2.45, 2.75) is 32.1 Å². The van der Waals surface area contributed by atoms with Crippen LogP contribution in [0.25, 0.3) is 0 Å². The van der Waals surface area contributed by atoms with E-state index in [4.69, 9.17) is 5.73 Å². The molecule has 0 fully saturated rings. The molecule has 2 aliphatic carbocycles. The minimum absolute atomic E-state index is 0.0705. The molecule has 0 saturated carbocycles. The number of benzene rings is 2. The Balaban J connectivity index is 2.00. The Kier molecular flexibility index (Phi) is 2.77. The van der Waals surface area contributed by atoms with Crippen molar-refractivity contribution in [1.82, 2.24) is 0 Å². The van der Waals surface area contributed by atoms with E-state index in [9.17, 15) is 10.5 Å². The predicted octanol–water partition coefficient (Wildman–Crippen LogP) is 3.59. The third-order valence-corrected chi connectivity index (χ3v) is 5.58. The third-order valence-electron chi connectivity index (χ3n) is 5.58. The van der Waals surface area contributed by atoms with Gasteiger partial charge in [-0.05, 0) is 66.1 Å². The largest absolute Gasteiger partial charge is 0.398 e. The second-order valence-electron chi connectivity index (χ2n) is 6.77. The first kappa shape index (κ1) is 13.9. The molecular weight excluding hydrogens is 282 g/mol. The second-order valence-corrected chi connectivity index (χ2v) is 6.77. The van der Waals surface area contributed by atoms with E-state index in [0.717, 1.165) is 36.1 Å². The van der Waals surface area contributed by atoms with Crippen LogP contribution in [0.5, 0.6) is 0 Å². The second kappa shape index (κ2) is 4.61. The zero-order valence-electron chi connectivity index (χ0n) is 13.1. The van der Waals surface area contributed by atoms with Crippen molar-refractivity contribution in [2.75, 3.05) is 5.73 Å². The van der Waals surface area contributed by atoms with Gasteiger partial charge in [-0.3, -0.25) is 0 Å². The first-order chi connectivity index (χ1) is 11.1. The van der Waals surface area contributed by atoms with Crippen molar-refractivity contribution in [3.63, 3.8) is 0 Å². The highest BCUT2D eigenvalue weighted by Gasteiger charge is 2.50. The highest BCUT2D eigenvalue weighted by molar-refractivity contribution is 5.61. The molecule has 3 heteroatoms. The SMILES string of the molecule is Cc1cc2c(cc1C#N)CC1(C#N)CCc3c(N)cccc3C21. The van der Waals surface area contributed by atoms with Crippen molar-refractivity contribution < 1.29 is 0 Å². The van der Waals surface area contributed by atoms with Gasteiger partial charge in [0.2, 0.25) is 0 Å². The Morgan fingerprint density at radius 3 is 2.78 bits per heavy atom. The molecule has 0 aromatic heterocycles. The fourth-order valence-corrected chi connectivity index (χ4v) is 4.45. The summed E-state index contributed by atoms with van der Waals surface area (Å²) in [6.07, 6.45) is 2.40. The molecule has 0 saturated heterocycles. The summed E-state index contributed by atoms with van der Waals surface area (Å²) in [5.41, 5.74) is 13.0. The molecule has 0 bridgehead atoms. The molecule has 2 aromatic carbocycles. The minimum Gasteiger partial charge on any atom is -0.398 e. The van der Waals surface area contributed by atoms with Crippen LogP contribution in [0.15, 0.2) is 30.3 Å². The molecule has 0 aliphatic heterocycles. The number of nitrogen functional groups attached to an aromatic ring is 1. The van der Waals surface area contributed by atoms with Crippen LogP contribution < -0.4 is 5.73 Å². The number of nitrogens with zero attached hydrogens (tertiary/aromatic N) is 2. The first-order valence-electron chi connectivity index (χ1n) is 7.91. The lowest BCUT2D eigenvalue weighted by Gasteiger charge is -2.36. The Labute approximate surface area is 136 Å². The molecule has 4 rings (SSSR count). The topological polar surface area (TPSA) is 73.6 Å². The monoisotopic (exact) mass is 299 g/mol. The van der Waals surface area contributed by atoms with Gasteiger partial charge in [-0.25, -0.2) is 0 Å². The van der Waals surface area contributed by atoms with Crippen LogP contribution in [0, 0.1) is 35.0 Å². The summed E-state index contributed by atoms with van der Waals surface area (Å²) in [5.74, 6) is 0.0705. The lowest BCUT2D eigenvalue weighted by atomic mass is 9.65. The van der Waals surface area contributed by atoms with E-state index < -0.39 is 5.41 Å². The van der Waals surface area contributed by atoms with Crippen LogP contribution in [0.2, 0.25) is 0 Å². The summed E-state index contributed by atoms with van der Waals surface area (Å²) in [7, 11) is 0. The Bertz CT molecular complexity index is 914. The molecule has 23 heavy (non-hydrogen) atoms. The van der Waals surface area contributed by atoms with Crippen LogP contribution in [0.3, 0.4) is 0 Å². The van der Waals surface area contributed by atoms with Gasteiger partial charge in [0, 0.05) is 11.6 Å². The predicted molar refractivity (Wildman–Crippen MR) is 88.7 cm³/mol. The smallest absolute Gasteiger partial charge is 0.0994 e. The molecule has 0 radical (unpaired) electrons. The van der Waals surface area contributed by atoms with Gasteiger partial charge < -0.3 is 5.73 Å². The van der Waals surface area contributed by atoms with Gasteiger partial charge in [-0.1, -0.05) is 18.2 Å². The van der Waals surface area contributed by atoms with Gasteiger partial charge in [0.05, 0.1) is 23.1 Å². The van der Waals surface area contributed by atoms with Crippen LogP contribution in [0.1, 0.15) is 45.7 Å². The van der Waals surface area contributed by atoms with Gasteiger partial charge in [0.1, 0.15) is 0 Å². The molecule has 0 heterocycles. The molecule has 2 aliphatic rings. The summed E-state index contributed by atoms with van der Waals surface area (Å²) in [4.78, 5) is 0. The fraction of sp³-hybridized carbons (Fsp3) is 0.300. The maximum absolute atomic E-state index is 9.97. The number of nitriles is 2. The number of aryl methyl sites for hydroxylation is 1. The highest BCUT2D eigenvalue weighted by Crippen LogP contribution is 2.57. The van der Waals surface area contributed by atoms with Crippen molar-refractivity contribution in [3.8, 4) is 12.1 Å². The van der Waals surface area contributed by atoms with Crippen LogP contribution in [-0.4, -0.2) is 0 Å². The van der Waals surface area contributed by atoms with Gasteiger partial charge in [-0.15, -0.1) is 0 Å². The molecule has 0 amide bonds. The maximum Gasteiger partial charge on any atom is 0.0994 e. The molecule has 2 atom stereocenters. The normalized spacial score (nSPS) is 24.0. The number of rotatable bonds is 0. The zero-order chi connectivity index (χ0) is 16.2. The van der Waals surface area contributed by atoms with E-state index in [1.165, 1.54) is 16.7 Å². The lowest BCUT2D eigenvalue weighted by Crippen LogP contribution is -2.31. The van der Waals surface area contributed by atoms with E-state index >= 15 is 0 Å². The van der Waals surface area contributed by atoms with Crippen molar-refractivity contribution in [2.24, 2.45) is 5.41 Å². The average Bonchev–Trinajstić information content (AvgIpc) is 2.88. The van der Waals surface area contributed by atoms with E-state index in [1.807, 2.05) is 25.1 Å². The number of nitrogens with two attached hydrogens (primary N) is 1. The zero-order valence-corrected chi connectivity index (χ0v) is 13.1. The van der Waals surface area contributed by atoms with Gasteiger partial charge in [0.25, 0.3) is 0 Å². The van der Waals surface area contributed by atoms with Gasteiger partial charge in [0.15, 0.2) is 0 Å². The van der Waals surface area contributed by atoms with E-state index in [-0.39, 0.29) is 5.92 Å². The molecule has 2 unspecified atom stereocenters. The standard InChI is InChI=1S/C20H17N3/c1-12-7-17-13(8-14(12)10-21)9-20(11-22)6-5-15-16(19(17)20)3-2-4-18(15)23/h2-4,7-8,19H,5-6,9,23H2,1H3. The van der Waals surface area contributed by atoms with Crippen molar-refractivity contribution in [3.05, 3.63) is 63.7 Å². The Morgan fingerprint density at radius 1 is 1.22 bits per heavy atom. The Morgan fingerprint density at radius 2 is 2.04 bits per heavy atom. The summed E-state index contributed by atoms with van der Waals surface area (Å²) in [5, 5.41) is 19.3. The summed E-state index contributed by atoms with van der Waals surface area (Å²) < 4.78 is 0. The van der Waals surface area contributed by atoms with E-state index in [0.29, 0.717) is 5.56 Å². The quantitative estimate of drug-likeness (QED) is 0.755. The Hall–Kier alpha value is -2.78. The molecule has 2 aromatic rings. The summed E-state index contributed by atoms with van der Waals surface area (Å²) in [6, 6.07) is 15.0. The maximum atomic E-state index is 9.97. The number of hydrogen-bond acceptors (Lipinski definition) is 3. The van der Waals surface area contributed by atoms with Crippen LogP contribution in [0.4, 0.5) is 5.69 Å². The third kappa shape index (κ3) is 1.74. The van der Waals surface area contributed by atoms with E-state index in [1.54, 1.807) is 0 Å². The molecule has 3 nitrogen and oxygen atoms in total. The number of fused-ring (bicyclic) bond motifs is 5. The molecule has 2 N–H and O–H groups in total. The van der Waals surface area contributed by atoms with Gasteiger partial charge >= 0.3 is 0 Å². The molecule has 112 valence electrons. The van der Waals surface area contributed by atoms with Crippen LogP contribution >= 0.6 is 0 Å². The minimum atomic E-state index is -0.399. The number of hydrogen-bond donors (Lipinski definition) is 1. The number of anilines is 1. The van der Waals surface area contributed by atoms with Crippen LogP contribution in [-0.2, 0) is 12.8 Å². The molecular formula is C20H17N3. The fourth-order valence-electron chi connectivity index (χ4n) is 4.45. The highest BCUT2D eigenvalue weighted by atomic mass is 14.6. The summed E-state index contributed by atoms with van der Waals surface area (Å²) >= 11 is 0. The van der Waals surface area contributed by atoms with E-state index in [2.05, 4.69) is 24.3 Å².